The Morgan fingerprint density at radius 2 is 1.69 bits per heavy atom. The van der Waals surface area contributed by atoms with E-state index in [4.69, 9.17) is 0 Å². The maximum atomic E-state index is 14.0. The fourth-order valence-electron chi connectivity index (χ4n) is 3.57. The van der Waals surface area contributed by atoms with Gasteiger partial charge < -0.3 is 0 Å². The van der Waals surface area contributed by atoms with Gasteiger partial charge in [-0.25, -0.2) is 0 Å². The molecular weight excluding hydrogens is 397 g/mol. The Kier molecular flexibility index (Phi) is 4.64. The van der Waals surface area contributed by atoms with Gasteiger partial charge in [-0.3, -0.25) is 9.56 Å². The molecule has 1 aliphatic rings. The van der Waals surface area contributed by atoms with Crippen LogP contribution < -0.4 is 0 Å². The quantitative estimate of drug-likeness (QED) is 0.525. The van der Waals surface area contributed by atoms with E-state index in [1.807, 2.05) is 38.1 Å². The fourth-order valence-corrected chi connectivity index (χ4v) is 4.78. The topological polar surface area (TPSA) is 43.1 Å². The predicted molar refractivity (Wildman–Crippen MR) is 108 cm³/mol. The highest BCUT2D eigenvalue weighted by atomic mass is 32.1. The summed E-state index contributed by atoms with van der Waals surface area (Å²) in [5.41, 5.74) is 3.80. The van der Waals surface area contributed by atoms with Crippen molar-refractivity contribution in [3.05, 3.63) is 63.0 Å². The maximum Gasteiger partial charge on any atom is 0.418 e. The molecule has 8 heteroatoms. The summed E-state index contributed by atoms with van der Waals surface area (Å²) in [5, 5.41) is 8.47. The average molecular weight is 418 g/mol. The van der Waals surface area contributed by atoms with Crippen LogP contribution >= 0.6 is 11.3 Å². The van der Waals surface area contributed by atoms with E-state index in [9.17, 15) is 13.2 Å². The molecule has 0 saturated heterocycles. The van der Waals surface area contributed by atoms with Crippen molar-refractivity contribution in [1.82, 2.24) is 14.8 Å². The highest BCUT2D eigenvalue weighted by Gasteiger charge is 2.47. The van der Waals surface area contributed by atoms with Crippen LogP contribution in [0.4, 0.5) is 13.2 Å². The smallest absolute Gasteiger partial charge is 0.271 e. The first-order valence-corrected chi connectivity index (χ1v) is 10.2. The lowest BCUT2D eigenvalue weighted by Gasteiger charge is -2.16. The van der Waals surface area contributed by atoms with Crippen molar-refractivity contribution in [2.24, 2.45) is 4.99 Å². The molecule has 4 nitrogen and oxygen atoms in total. The first-order chi connectivity index (χ1) is 13.6. The number of thiophene rings is 1. The van der Waals surface area contributed by atoms with Gasteiger partial charge in [0.15, 0.2) is 5.82 Å². The lowest BCUT2D eigenvalue weighted by Crippen LogP contribution is -2.22. The van der Waals surface area contributed by atoms with Gasteiger partial charge in [0.25, 0.3) is 0 Å². The molecule has 4 rings (SSSR count). The Balaban J connectivity index is 2.02. The van der Waals surface area contributed by atoms with E-state index in [0.29, 0.717) is 28.0 Å². The molecule has 0 spiro atoms. The molecule has 3 heterocycles. The van der Waals surface area contributed by atoms with Crippen molar-refractivity contribution >= 4 is 17.0 Å². The summed E-state index contributed by atoms with van der Waals surface area (Å²) in [7, 11) is 0. The summed E-state index contributed by atoms with van der Waals surface area (Å²) in [4.78, 5) is 5.27. The van der Waals surface area contributed by atoms with Crippen LogP contribution in [0.5, 0.6) is 0 Å². The van der Waals surface area contributed by atoms with Crippen LogP contribution in [0.15, 0.2) is 29.3 Å². The first-order valence-electron chi connectivity index (χ1n) is 9.37. The zero-order valence-electron chi connectivity index (χ0n) is 16.8. The van der Waals surface area contributed by atoms with Crippen LogP contribution in [0.2, 0.25) is 0 Å². The van der Waals surface area contributed by atoms with Gasteiger partial charge in [0.05, 0.1) is 5.71 Å². The summed E-state index contributed by atoms with van der Waals surface area (Å²) in [6.07, 6.45) is -4.57. The monoisotopic (exact) mass is 418 g/mol. The van der Waals surface area contributed by atoms with Gasteiger partial charge in [-0.2, -0.15) is 13.2 Å². The van der Waals surface area contributed by atoms with Crippen molar-refractivity contribution in [2.75, 3.05) is 0 Å². The Morgan fingerprint density at radius 1 is 1.03 bits per heavy atom. The van der Waals surface area contributed by atoms with E-state index in [-0.39, 0.29) is 5.82 Å². The summed E-state index contributed by atoms with van der Waals surface area (Å²) in [6, 6.07) is 5.56. The van der Waals surface area contributed by atoms with Crippen LogP contribution in [0.1, 0.15) is 64.6 Å². The number of aromatic nitrogens is 3. The van der Waals surface area contributed by atoms with E-state index >= 15 is 0 Å². The Labute approximate surface area is 171 Å². The third kappa shape index (κ3) is 3.19. The number of benzene rings is 1. The van der Waals surface area contributed by atoms with Gasteiger partial charge >= 0.3 is 6.18 Å². The zero-order chi connectivity index (χ0) is 21.1. The van der Waals surface area contributed by atoms with Crippen molar-refractivity contribution in [1.29, 1.82) is 0 Å². The minimum atomic E-state index is -4.57. The first kappa shape index (κ1) is 19.8. The molecular formula is C21H21F3N4S. The van der Waals surface area contributed by atoms with Crippen LogP contribution in [0.3, 0.4) is 0 Å². The van der Waals surface area contributed by atoms with Crippen LogP contribution in [-0.4, -0.2) is 26.7 Å². The molecule has 0 amide bonds. The molecule has 0 radical (unpaired) electrons. The van der Waals surface area contributed by atoms with Crippen LogP contribution in [0, 0.1) is 20.8 Å². The molecule has 1 aliphatic heterocycles. The molecule has 1 atom stereocenters. The lowest BCUT2D eigenvalue weighted by atomic mass is 9.96. The molecule has 2 aromatic heterocycles. The van der Waals surface area contributed by atoms with E-state index in [1.54, 1.807) is 6.92 Å². The number of rotatable bonds is 2. The number of fused-ring (bicyclic) bond motifs is 3. The summed E-state index contributed by atoms with van der Waals surface area (Å²) in [5.74, 6) is 0.567. The molecule has 0 saturated carbocycles. The normalized spacial score (nSPS) is 16.4. The van der Waals surface area contributed by atoms with E-state index < -0.39 is 12.2 Å². The minimum absolute atomic E-state index is 0.189. The number of halogens is 3. The highest BCUT2D eigenvalue weighted by molar-refractivity contribution is 7.15. The molecule has 152 valence electrons. The van der Waals surface area contributed by atoms with E-state index in [1.165, 1.54) is 15.9 Å². The number of hydrogen-bond acceptors (Lipinski definition) is 4. The van der Waals surface area contributed by atoms with Gasteiger partial charge in [0, 0.05) is 16.0 Å². The van der Waals surface area contributed by atoms with Crippen LogP contribution in [-0.2, 0) is 0 Å². The standard InChI is InChI=1S/C21H21F3N4S/c1-10(2)14-6-8-15(9-7-14)17-16-11(3)12(4)29-20(16)28-13(5)26-27-19(28)18(25-17)21(22,23)24/h6-10,18H,1-5H3. The molecule has 0 N–H and O–H groups in total. The fraction of sp³-hybridized carbons (Fsp3) is 0.381. The van der Waals surface area contributed by atoms with Crippen molar-refractivity contribution < 1.29 is 13.2 Å². The highest BCUT2D eigenvalue weighted by Crippen LogP contribution is 2.43. The molecule has 29 heavy (non-hydrogen) atoms. The second kappa shape index (κ2) is 6.79. The van der Waals surface area contributed by atoms with E-state index in [2.05, 4.69) is 29.0 Å². The van der Waals surface area contributed by atoms with Crippen LogP contribution in [0.25, 0.3) is 5.00 Å². The number of nitrogens with zero attached hydrogens (tertiary/aromatic N) is 4. The molecule has 3 aromatic rings. The average Bonchev–Trinajstić information content (AvgIpc) is 3.10. The minimum Gasteiger partial charge on any atom is -0.271 e. The summed E-state index contributed by atoms with van der Waals surface area (Å²) < 4.78 is 43.5. The molecule has 1 unspecified atom stereocenters. The van der Waals surface area contributed by atoms with Gasteiger partial charge in [0.2, 0.25) is 6.04 Å². The second-order valence-corrected chi connectivity index (χ2v) is 8.81. The molecule has 0 bridgehead atoms. The van der Waals surface area contributed by atoms with E-state index in [0.717, 1.165) is 21.6 Å². The summed E-state index contributed by atoms with van der Waals surface area (Å²) >= 11 is 1.45. The van der Waals surface area contributed by atoms with Crippen molar-refractivity contribution in [3.63, 3.8) is 0 Å². The third-order valence-electron chi connectivity index (χ3n) is 5.32. The number of hydrogen-bond donors (Lipinski definition) is 0. The van der Waals surface area contributed by atoms with Crippen molar-refractivity contribution in [2.45, 2.75) is 52.8 Å². The number of aryl methyl sites for hydroxylation is 2. The van der Waals surface area contributed by atoms with Gasteiger partial charge in [-0.15, -0.1) is 21.5 Å². The van der Waals surface area contributed by atoms with Crippen molar-refractivity contribution in [3.8, 4) is 5.00 Å². The largest absolute Gasteiger partial charge is 0.418 e. The second-order valence-electron chi connectivity index (χ2n) is 7.60. The molecule has 0 fully saturated rings. The maximum absolute atomic E-state index is 14.0. The Bertz CT molecular complexity index is 1100. The van der Waals surface area contributed by atoms with Gasteiger partial charge in [-0.05, 0) is 37.8 Å². The number of aliphatic imine (C=N–C) groups is 1. The van der Waals surface area contributed by atoms with Gasteiger partial charge in [-0.1, -0.05) is 38.1 Å². The summed E-state index contributed by atoms with van der Waals surface area (Å²) in [6.45, 7) is 9.72. The number of alkyl halides is 3. The van der Waals surface area contributed by atoms with Gasteiger partial charge in [0.1, 0.15) is 10.8 Å². The SMILES string of the molecule is Cc1sc2c(c1C)C(c1ccc(C(C)C)cc1)=NC(C(F)(F)F)c1nnc(C)n1-2. The Hall–Kier alpha value is -2.48. The molecule has 0 aliphatic carbocycles. The third-order valence-corrected chi connectivity index (χ3v) is 6.51. The predicted octanol–water partition coefficient (Wildman–Crippen LogP) is 5.83. The lowest BCUT2D eigenvalue weighted by molar-refractivity contribution is -0.150. The molecule has 1 aromatic carbocycles. The zero-order valence-corrected chi connectivity index (χ0v) is 17.6. The Morgan fingerprint density at radius 3 is 2.28 bits per heavy atom.